The Hall–Kier alpha value is -2.71. The van der Waals surface area contributed by atoms with E-state index in [2.05, 4.69) is 10.3 Å². The predicted octanol–water partition coefficient (Wildman–Crippen LogP) is 4.30. The predicted molar refractivity (Wildman–Crippen MR) is 98.8 cm³/mol. The summed E-state index contributed by atoms with van der Waals surface area (Å²) >= 11 is 1.18. The Labute approximate surface area is 158 Å². The Morgan fingerprint density at radius 3 is 2.63 bits per heavy atom. The van der Waals surface area contributed by atoms with Crippen LogP contribution in [0.1, 0.15) is 5.56 Å². The Morgan fingerprint density at radius 1 is 1.11 bits per heavy atom. The van der Waals surface area contributed by atoms with E-state index in [0.29, 0.717) is 22.0 Å². The fourth-order valence-corrected chi connectivity index (χ4v) is 3.23. The van der Waals surface area contributed by atoms with Gasteiger partial charge in [0.05, 0.1) is 12.2 Å². The number of amides is 1. The lowest BCUT2D eigenvalue weighted by Gasteiger charge is -2.16. The zero-order valence-corrected chi connectivity index (χ0v) is 15.2. The summed E-state index contributed by atoms with van der Waals surface area (Å²) in [5.41, 5.74) is 1.36. The number of hydrogen-bond donors (Lipinski definition) is 1. The second-order valence-electron chi connectivity index (χ2n) is 5.98. The molecule has 1 N–H and O–H groups in total. The van der Waals surface area contributed by atoms with E-state index in [-0.39, 0.29) is 24.8 Å². The second-order valence-corrected chi connectivity index (χ2v) is 6.84. The third-order valence-corrected chi connectivity index (χ3v) is 4.54. The largest absolute Gasteiger partial charge is 0.301 e. The van der Waals surface area contributed by atoms with Gasteiger partial charge in [-0.2, -0.15) is 0 Å². The van der Waals surface area contributed by atoms with E-state index in [4.69, 9.17) is 0 Å². The molecule has 2 aromatic carbocycles. The van der Waals surface area contributed by atoms with Crippen LogP contribution in [0, 0.1) is 17.5 Å². The Morgan fingerprint density at radius 2 is 1.89 bits per heavy atom. The normalized spacial score (nSPS) is 11.0. The number of nitrogens with zero attached hydrogens (tertiary/aromatic N) is 2. The SMILES string of the molecule is CN(CC(=O)Nc1nc(-c2ccc(F)c(F)c2)cs1)Cc1ccccc1F. The van der Waals surface area contributed by atoms with E-state index in [1.165, 1.54) is 23.5 Å². The van der Waals surface area contributed by atoms with E-state index in [9.17, 15) is 18.0 Å². The molecular formula is C19H16F3N3OS. The number of likely N-dealkylation sites (N-methyl/N-ethyl adjacent to an activating group) is 1. The number of benzene rings is 2. The van der Waals surface area contributed by atoms with Gasteiger partial charge in [0.15, 0.2) is 16.8 Å². The molecule has 1 heterocycles. The van der Waals surface area contributed by atoms with Crippen molar-refractivity contribution in [3.63, 3.8) is 0 Å². The van der Waals surface area contributed by atoms with Crippen molar-refractivity contribution in [2.75, 3.05) is 18.9 Å². The Balaban J connectivity index is 1.59. The first kappa shape index (κ1) is 19.1. The molecule has 140 valence electrons. The molecule has 8 heteroatoms. The van der Waals surface area contributed by atoms with E-state index in [1.54, 1.807) is 35.5 Å². The molecule has 0 atom stereocenters. The molecule has 0 aliphatic carbocycles. The maximum Gasteiger partial charge on any atom is 0.240 e. The van der Waals surface area contributed by atoms with Crippen LogP contribution in [0.3, 0.4) is 0 Å². The second kappa shape index (κ2) is 8.32. The number of thiazole rings is 1. The van der Waals surface area contributed by atoms with Gasteiger partial charge in [-0.1, -0.05) is 18.2 Å². The number of nitrogens with one attached hydrogen (secondary N) is 1. The van der Waals surface area contributed by atoms with Gasteiger partial charge in [-0.15, -0.1) is 11.3 Å². The van der Waals surface area contributed by atoms with Gasteiger partial charge in [0, 0.05) is 23.1 Å². The van der Waals surface area contributed by atoms with Gasteiger partial charge in [0.25, 0.3) is 0 Å². The quantitative estimate of drug-likeness (QED) is 0.682. The van der Waals surface area contributed by atoms with E-state index < -0.39 is 11.6 Å². The number of hydrogen-bond acceptors (Lipinski definition) is 4. The van der Waals surface area contributed by atoms with Crippen LogP contribution >= 0.6 is 11.3 Å². The molecule has 4 nitrogen and oxygen atoms in total. The van der Waals surface area contributed by atoms with Gasteiger partial charge in [-0.05, 0) is 31.3 Å². The summed E-state index contributed by atoms with van der Waals surface area (Å²) in [6.45, 7) is 0.340. The minimum absolute atomic E-state index is 0.0500. The van der Waals surface area contributed by atoms with Crippen molar-refractivity contribution in [3.8, 4) is 11.3 Å². The first-order chi connectivity index (χ1) is 12.9. The number of halogens is 3. The molecule has 0 saturated heterocycles. The van der Waals surface area contributed by atoms with Gasteiger partial charge in [-0.3, -0.25) is 9.69 Å². The summed E-state index contributed by atoms with van der Waals surface area (Å²) in [7, 11) is 1.71. The highest BCUT2D eigenvalue weighted by Gasteiger charge is 2.13. The molecule has 0 unspecified atom stereocenters. The molecule has 0 spiro atoms. The minimum atomic E-state index is -0.958. The summed E-state index contributed by atoms with van der Waals surface area (Å²) in [6.07, 6.45) is 0. The molecule has 0 aliphatic rings. The molecule has 0 bridgehead atoms. The van der Waals surface area contributed by atoms with Crippen molar-refractivity contribution in [3.05, 3.63) is 70.9 Å². The summed E-state index contributed by atoms with van der Waals surface area (Å²) in [5.74, 6) is -2.51. The van der Waals surface area contributed by atoms with Crippen molar-refractivity contribution < 1.29 is 18.0 Å². The molecule has 0 saturated carbocycles. The number of anilines is 1. The number of rotatable bonds is 6. The van der Waals surface area contributed by atoms with E-state index >= 15 is 0 Å². The number of aromatic nitrogens is 1. The number of carbonyl (C=O) groups excluding carboxylic acids is 1. The molecule has 0 radical (unpaired) electrons. The maximum atomic E-state index is 13.7. The highest BCUT2D eigenvalue weighted by molar-refractivity contribution is 7.14. The standard InChI is InChI=1S/C19H16F3N3OS/c1-25(9-13-4-2-3-5-14(13)20)10-18(26)24-19-23-17(11-27-19)12-6-7-15(21)16(22)8-12/h2-8,11H,9-10H2,1H3,(H,23,24,26). The number of carbonyl (C=O) groups is 1. The maximum absolute atomic E-state index is 13.7. The van der Waals surface area contributed by atoms with Crippen molar-refractivity contribution >= 4 is 22.4 Å². The molecule has 0 aliphatic heterocycles. The van der Waals surface area contributed by atoms with E-state index in [1.807, 2.05) is 0 Å². The smallest absolute Gasteiger partial charge is 0.240 e. The topological polar surface area (TPSA) is 45.2 Å². The van der Waals surface area contributed by atoms with Crippen molar-refractivity contribution in [2.45, 2.75) is 6.54 Å². The zero-order valence-electron chi connectivity index (χ0n) is 14.4. The lowest BCUT2D eigenvalue weighted by atomic mass is 10.2. The van der Waals surface area contributed by atoms with Gasteiger partial charge < -0.3 is 5.32 Å². The van der Waals surface area contributed by atoms with Crippen molar-refractivity contribution in [1.82, 2.24) is 9.88 Å². The Kier molecular flexibility index (Phi) is 5.88. The van der Waals surface area contributed by atoms with Crippen LogP contribution in [0.4, 0.5) is 18.3 Å². The lowest BCUT2D eigenvalue weighted by molar-refractivity contribution is -0.117. The minimum Gasteiger partial charge on any atom is -0.301 e. The van der Waals surface area contributed by atoms with Crippen molar-refractivity contribution in [1.29, 1.82) is 0 Å². The van der Waals surface area contributed by atoms with Crippen LogP contribution in [-0.2, 0) is 11.3 Å². The highest BCUT2D eigenvalue weighted by Crippen LogP contribution is 2.26. The van der Waals surface area contributed by atoms with Crippen LogP contribution in [0.5, 0.6) is 0 Å². The van der Waals surface area contributed by atoms with Gasteiger partial charge in [-0.25, -0.2) is 18.2 Å². The summed E-state index contributed by atoms with van der Waals surface area (Å²) in [4.78, 5) is 18.0. The zero-order chi connectivity index (χ0) is 19.4. The first-order valence-electron chi connectivity index (χ1n) is 8.05. The van der Waals surface area contributed by atoms with Crippen LogP contribution < -0.4 is 5.32 Å². The average Bonchev–Trinajstić information content (AvgIpc) is 3.07. The van der Waals surface area contributed by atoms with Crippen molar-refractivity contribution in [2.24, 2.45) is 0 Å². The van der Waals surface area contributed by atoms with Gasteiger partial charge in [0.2, 0.25) is 5.91 Å². The fourth-order valence-electron chi connectivity index (χ4n) is 2.50. The molecular weight excluding hydrogens is 375 g/mol. The molecule has 0 fully saturated rings. The van der Waals surface area contributed by atoms with Crippen LogP contribution in [0.2, 0.25) is 0 Å². The molecule has 3 aromatic rings. The molecule has 27 heavy (non-hydrogen) atoms. The third kappa shape index (κ3) is 4.93. The first-order valence-corrected chi connectivity index (χ1v) is 8.93. The summed E-state index contributed by atoms with van der Waals surface area (Å²) in [6, 6.07) is 9.89. The average molecular weight is 391 g/mol. The Bertz CT molecular complexity index is 961. The third-order valence-electron chi connectivity index (χ3n) is 3.78. The van der Waals surface area contributed by atoms with Crippen LogP contribution in [0.25, 0.3) is 11.3 Å². The van der Waals surface area contributed by atoms with Crippen LogP contribution in [0.15, 0.2) is 47.8 Å². The molecule has 1 amide bonds. The van der Waals surface area contributed by atoms with Gasteiger partial charge >= 0.3 is 0 Å². The molecule has 3 rings (SSSR count). The highest BCUT2D eigenvalue weighted by atomic mass is 32.1. The molecule has 1 aromatic heterocycles. The fraction of sp³-hybridized carbons (Fsp3) is 0.158. The summed E-state index contributed by atoms with van der Waals surface area (Å²) < 4.78 is 40.0. The monoisotopic (exact) mass is 391 g/mol. The van der Waals surface area contributed by atoms with Gasteiger partial charge in [0.1, 0.15) is 5.82 Å². The van der Waals surface area contributed by atoms with E-state index in [0.717, 1.165) is 12.1 Å². The van der Waals surface area contributed by atoms with Crippen LogP contribution in [-0.4, -0.2) is 29.4 Å². The summed E-state index contributed by atoms with van der Waals surface area (Å²) in [5, 5.41) is 4.65. The lowest BCUT2D eigenvalue weighted by Crippen LogP contribution is -2.30.